The van der Waals surface area contributed by atoms with Crippen molar-refractivity contribution in [2.75, 3.05) is 12.4 Å². The Hall–Kier alpha value is -2.41. The summed E-state index contributed by atoms with van der Waals surface area (Å²) in [5.41, 5.74) is 0.611. The van der Waals surface area contributed by atoms with Gasteiger partial charge in [-0.15, -0.1) is 0 Å². The van der Waals surface area contributed by atoms with Crippen LogP contribution in [0.1, 0.15) is 5.56 Å². The largest absolute Gasteiger partial charge is 0.430 e. The second-order valence-corrected chi connectivity index (χ2v) is 4.33. The number of nitrogens with zero attached hydrogens (tertiary/aromatic N) is 3. The lowest BCUT2D eigenvalue weighted by molar-refractivity contribution is -0.385. The van der Waals surface area contributed by atoms with Crippen LogP contribution in [0.5, 0.6) is 11.6 Å². The second kappa shape index (κ2) is 5.70. The molecule has 0 spiro atoms. The van der Waals surface area contributed by atoms with Crippen LogP contribution in [-0.4, -0.2) is 21.9 Å². The molecule has 2 aromatic rings. The number of anilines is 1. The minimum atomic E-state index is -0.517. The van der Waals surface area contributed by atoms with Gasteiger partial charge in [-0.1, -0.05) is 17.7 Å². The number of halogens is 1. The maximum Gasteiger partial charge on any atom is 0.311 e. The third-order valence-corrected chi connectivity index (χ3v) is 2.71. The van der Waals surface area contributed by atoms with Gasteiger partial charge in [-0.3, -0.25) is 10.1 Å². The topological polar surface area (TPSA) is 90.2 Å². The number of nitro groups is 1. The van der Waals surface area contributed by atoms with E-state index in [1.807, 2.05) is 0 Å². The Morgan fingerprint density at radius 1 is 1.45 bits per heavy atom. The number of hydrogen-bond acceptors (Lipinski definition) is 6. The van der Waals surface area contributed by atoms with Crippen LogP contribution in [0.25, 0.3) is 0 Å². The van der Waals surface area contributed by atoms with Crippen LogP contribution in [0.4, 0.5) is 11.6 Å². The molecule has 104 valence electrons. The first-order chi connectivity index (χ1) is 9.51. The lowest BCUT2D eigenvalue weighted by Gasteiger charge is -2.08. The van der Waals surface area contributed by atoms with Crippen molar-refractivity contribution in [1.29, 1.82) is 0 Å². The zero-order valence-electron chi connectivity index (χ0n) is 10.8. The van der Waals surface area contributed by atoms with Crippen LogP contribution in [0, 0.1) is 17.0 Å². The third kappa shape index (κ3) is 2.94. The minimum absolute atomic E-state index is 0.0537. The van der Waals surface area contributed by atoms with Crippen molar-refractivity contribution < 1.29 is 9.66 Å². The van der Waals surface area contributed by atoms with E-state index in [-0.39, 0.29) is 22.3 Å². The summed E-state index contributed by atoms with van der Waals surface area (Å²) in [6.45, 7) is 1.76. The highest BCUT2D eigenvalue weighted by Gasteiger charge is 2.18. The highest BCUT2D eigenvalue weighted by Crippen LogP contribution is 2.34. The molecule has 0 fully saturated rings. The average molecular weight is 295 g/mol. The lowest BCUT2D eigenvalue weighted by Crippen LogP contribution is -2.00. The van der Waals surface area contributed by atoms with Gasteiger partial charge in [-0.25, -0.2) is 4.98 Å². The number of rotatable bonds is 4. The van der Waals surface area contributed by atoms with Crippen molar-refractivity contribution in [2.24, 2.45) is 0 Å². The number of hydrogen-bond donors (Lipinski definition) is 1. The molecule has 7 nitrogen and oxygen atoms in total. The molecule has 0 atom stereocenters. The van der Waals surface area contributed by atoms with Gasteiger partial charge in [0.25, 0.3) is 0 Å². The molecule has 1 aromatic carbocycles. The Morgan fingerprint density at radius 2 is 2.20 bits per heavy atom. The molecule has 8 heteroatoms. The highest BCUT2D eigenvalue weighted by molar-refractivity contribution is 6.31. The van der Waals surface area contributed by atoms with E-state index in [1.165, 1.54) is 18.3 Å². The van der Waals surface area contributed by atoms with Crippen molar-refractivity contribution in [3.8, 4) is 11.6 Å². The monoisotopic (exact) mass is 294 g/mol. The Labute approximate surface area is 119 Å². The van der Waals surface area contributed by atoms with E-state index < -0.39 is 4.92 Å². The number of nitro benzene ring substituents is 1. The molecule has 0 bridgehead atoms. The van der Waals surface area contributed by atoms with E-state index in [2.05, 4.69) is 15.3 Å². The summed E-state index contributed by atoms with van der Waals surface area (Å²) in [6, 6.07) is 4.63. The summed E-state index contributed by atoms with van der Waals surface area (Å²) in [6.07, 6.45) is 1.36. The van der Waals surface area contributed by atoms with Crippen molar-refractivity contribution in [1.82, 2.24) is 9.97 Å². The zero-order valence-corrected chi connectivity index (χ0v) is 11.5. The van der Waals surface area contributed by atoms with Crippen LogP contribution >= 0.6 is 11.6 Å². The molecular weight excluding hydrogens is 284 g/mol. The van der Waals surface area contributed by atoms with E-state index >= 15 is 0 Å². The fourth-order valence-electron chi connectivity index (χ4n) is 1.50. The van der Waals surface area contributed by atoms with Gasteiger partial charge in [-0.2, -0.15) is 4.98 Å². The van der Waals surface area contributed by atoms with Crippen molar-refractivity contribution in [3.63, 3.8) is 0 Å². The number of benzene rings is 1. The normalized spacial score (nSPS) is 10.2. The predicted octanol–water partition coefficient (Wildman–Crippen LogP) is 3.18. The number of aryl methyl sites for hydroxylation is 1. The maximum atomic E-state index is 11.0. The Kier molecular flexibility index (Phi) is 3.99. The van der Waals surface area contributed by atoms with Crippen LogP contribution in [0.3, 0.4) is 0 Å². The van der Waals surface area contributed by atoms with Crippen LogP contribution in [0.2, 0.25) is 5.02 Å². The molecule has 0 amide bonds. The number of aromatic nitrogens is 2. The van der Waals surface area contributed by atoms with E-state index in [4.69, 9.17) is 16.3 Å². The standard InChI is InChI=1S/C12H11ClN4O3/c1-7-3-4-10(9(5-7)17(18)19)20-11-8(13)6-15-12(14-2)16-11/h3-6H,1-2H3,(H,14,15,16). The molecule has 0 aliphatic rings. The van der Waals surface area contributed by atoms with Crippen LogP contribution < -0.4 is 10.1 Å². The quantitative estimate of drug-likeness (QED) is 0.688. The van der Waals surface area contributed by atoms with E-state index in [1.54, 1.807) is 20.0 Å². The summed E-state index contributed by atoms with van der Waals surface area (Å²) in [4.78, 5) is 18.4. The lowest BCUT2D eigenvalue weighted by atomic mass is 10.2. The maximum absolute atomic E-state index is 11.0. The number of ether oxygens (including phenoxy) is 1. The first-order valence-corrected chi connectivity index (χ1v) is 6.02. The molecule has 0 aliphatic heterocycles. The summed E-state index contributed by atoms with van der Waals surface area (Å²) in [5, 5.41) is 13.9. The molecule has 2 rings (SSSR count). The minimum Gasteiger partial charge on any atom is -0.430 e. The van der Waals surface area contributed by atoms with Crippen LogP contribution in [-0.2, 0) is 0 Å². The second-order valence-electron chi connectivity index (χ2n) is 3.93. The first-order valence-electron chi connectivity index (χ1n) is 5.64. The smallest absolute Gasteiger partial charge is 0.311 e. The van der Waals surface area contributed by atoms with E-state index in [0.29, 0.717) is 5.95 Å². The van der Waals surface area contributed by atoms with Gasteiger partial charge >= 0.3 is 5.69 Å². The molecule has 0 aliphatic carbocycles. The fraction of sp³-hybridized carbons (Fsp3) is 0.167. The predicted molar refractivity (Wildman–Crippen MR) is 74.5 cm³/mol. The van der Waals surface area contributed by atoms with E-state index in [0.717, 1.165) is 5.56 Å². The van der Waals surface area contributed by atoms with Crippen LogP contribution in [0.15, 0.2) is 24.4 Å². The zero-order chi connectivity index (χ0) is 14.7. The molecule has 20 heavy (non-hydrogen) atoms. The van der Waals surface area contributed by atoms with Crippen molar-refractivity contribution in [3.05, 3.63) is 45.1 Å². The Morgan fingerprint density at radius 3 is 2.85 bits per heavy atom. The van der Waals surface area contributed by atoms with Gasteiger partial charge in [0.2, 0.25) is 17.6 Å². The molecule has 0 saturated heterocycles. The van der Waals surface area contributed by atoms with Gasteiger partial charge in [0.15, 0.2) is 0 Å². The molecule has 1 aromatic heterocycles. The summed E-state index contributed by atoms with van der Waals surface area (Å²) in [7, 11) is 1.64. The Bertz CT molecular complexity index is 663. The van der Waals surface area contributed by atoms with Gasteiger partial charge in [0.1, 0.15) is 5.02 Å². The molecule has 0 saturated carbocycles. The number of nitrogens with one attached hydrogen (secondary N) is 1. The first kappa shape index (κ1) is 14.0. The fourth-order valence-corrected chi connectivity index (χ4v) is 1.63. The summed E-state index contributed by atoms with van der Waals surface area (Å²) >= 11 is 5.92. The summed E-state index contributed by atoms with van der Waals surface area (Å²) in [5.74, 6) is 0.431. The van der Waals surface area contributed by atoms with Gasteiger partial charge in [-0.05, 0) is 18.6 Å². The Balaban J connectivity index is 2.42. The molecule has 1 heterocycles. The molecule has 0 radical (unpaired) electrons. The van der Waals surface area contributed by atoms with Crippen molar-refractivity contribution in [2.45, 2.75) is 6.92 Å². The highest BCUT2D eigenvalue weighted by atomic mass is 35.5. The molecule has 0 unspecified atom stereocenters. The van der Waals surface area contributed by atoms with Crippen molar-refractivity contribution >= 4 is 23.2 Å². The van der Waals surface area contributed by atoms with Gasteiger partial charge in [0, 0.05) is 13.1 Å². The average Bonchev–Trinajstić information content (AvgIpc) is 2.42. The summed E-state index contributed by atoms with van der Waals surface area (Å²) < 4.78 is 5.43. The van der Waals surface area contributed by atoms with Gasteiger partial charge in [0.05, 0.1) is 11.1 Å². The van der Waals surface area contributed by atoms with Gasteiger partial charge < -0.3 is 10.1 Å². The molecule has 1 N–H and O–H groups in total. The molecular formula is C12H11ClN4O3. The SMILES string of the molecule is CNc1ncc(Cl)c(Oc2ccc(C)cc2[N+](=O)[O-])n1. The van der Waals surface area contributed by atoms with E-state index in [9.17, 15) is 10.1 Å². The third-order valence-electron chi connectivity index (χ3n) is 2.45.